The lowest BCUT2D eigenvalue weighted by molar-refractivity contribution is -0.140. The fourth-order valence-electron chi connectivity index (χ4n) is 2.09. The lowest BCUT2D eigenvalue weighted by Gasteiger charge is -2.16. The number of hydrogen-bond acceptors (Lipinski definition) is 2. The van der Waals surface area contributed by atoms with Crippen LogP contribution in [0.25, 0.3) is 0 Å². The summed E-state index contributed by atoms with van der Waals surface area (Å²) in [4.78, 5) is 11.5. The van der Waals surface area contributed by atoms with Gasteiger partial charge in [0.1, 0.15) is 5.82 Å². The van der Waals surface area contributed by atoms with E-state index in [1.165, 1.54) is 19.2 Å². The molecule has 3 heteroatoms. The van der Waals surface area contributed by atoms with E-state index in [1.54, 1.807) is 6.07 Å². The second-order valence-corrected chi connectivity index (χ2v) is 4.30. The second kappa shape index (κ2) is 6.14. The third kappa shape index (κ3) is 3.41. The summed E-state index contributed by atoms with van der Waals surface area (Å²) in [6.45, 7) is 0. The molecule has 19 heavy (non-hydrogen) atoms. The molecule has 1 unspecified atom stereocenters. The molecule has 0 N–H and O–H groups in total. The fourth-order valence-corrected chi connectivity index (χ4v) is 2.09. The predicted octanol–water partition coefficient (Wildman–Crippen LogP) is 3.52. The molecule has 0 aliphatic carbocycles. The van der Waals surface area contributed by atoms with Gasteiger partial charge in [0.15, 0.2) is 0 Å². The molecule has 0 saturated heterocycles. The maximum atomic E-state index is 13.3. The molecule has 0 aliphatic heterocycles. The maximum absolute atomic E-state index is 13.3. The summed E-state index contributed by atoms with van der Waals surface area (Å²) in [5.41, 5.74) is 1.75. The first-order chi connectivity index (χ1) is 9.20. The van der Waals surface area contributed by atoms with E-state index in [-0.39, 0.29) is 24.1 Å². The van der Waals surface area contributed by atoms with Gasteiger partial charge in [-0.05, 0) is 23.3 Å². The Kier molecular flexibility index (Phi) is 4.29. The number of halogens is 1. The van der Waals surface area contributed by atoms with Crippen LogP contribution in [0.4, 0.5) is 4.39 Å². The molecule has 0 radical (unpaired) electrons. The van der Waals surface area contributed by atoms with Crippen LogP contribution in [0.5, 0.6) is 0 Å². The number of carbonyl (C=O) groups excluding carboxylic acids is 1. The quantitative estimate of drug-likeness (QED) is 0.784. The Morgan fingerprint density at radius 1 is 1.11 bits per heavy atom. The summed E-state index contributed by atoms with van der Waals surface area (Å²) in [5.74, 6) is -0.800. The van der Waals surface area contributed by atoms with Crippen LogP contribution in [0, 0.1) is 5.82 Å². The molecule has 0 fully saturated rings. The Morgan fingerprint density at radius 3 is 2.42 bits per heavy atom. The summed E-state index contributed by atoms with van der Waals surface area (Å²) in [5, 5.41) is 0. The molecule has 1 atom stereocenters. The minimum Gasteiger partial charge on any atom is -0.469 e. The molecule has 0 amide bonds. The van der Waals surface area contributed by atoms with Crippen molar-refractivity contribution in [3.8, 4) is 0 Å². The van der Waals surface area contributed by atoms with Crippen molar-refractivity contribution in [2.75, 3.05) is 7.11 Å². The van der Waals surface area contributed by atoms with Crippen LogP contribution >= 0.6 is 0 Å². The molecule has 2 aromatic carbocycles. The highest BCUT2D eigenvalue weighted by molar-refractivity contribution is 5.71. The van der Waals surface area contributed by atoms with Gasteiger partial charge in [-0.1, -0.05) is 42.5 Å². The number of methoxy groups -OCH3 is 1. The molecular formula is C16H15FO2. The monoisotopic (exact) mass is 258 g/mol. The van der Waals surface area contributed by atoms with Crippen LogP contribution in [-0.4, -0.2) is 13.1 Å². The van der Waals surface area contributed by atoms with E-state index < -0.39 is 0 Å². The van der Waals surface area contributed by atoms with Crippen LogP contribution in [0.15, 0.2) is 54.6 Å². The van der Waals surface area contributed by atoms with Gasteiger partial charge in [-0.2, -0.15) is 0 Å². The van der Waals surface area contributed by atoms with Gasteiger partial charge in [0.25, 0.3) is 0 Å². The van der Waals surface area contributed by atoms with Crippen molar-refractivity contribution in [2.24, 2.45) is 0 Å². The van der Waals surface area contributed by atoms with Gasteiger partial charge in [0, 0.05) is 5.92 Å². The van der Waals surface area contributed by atoms with E-state index in [0.29, 0.717) is 0 Å². The summed E-state index contributed by atoms with van der Waals surface area (Å²) >= 11 is 0. The Bertz CT molecular complexity index is 552. The van der Waals surface area contributed by atoms with Crippen molar-refractivity contribution in [3.05, 3.63) is 71.5 Å². The minimum absolute atomic E-state index is 0.190. The molecular weight excluding hydrogens is 243 g/mol. The van der Waals surface area contributed by atoms with Crippen molar-refractivity contribution in [1.82, 2.24) is 0 Å². The Labute approximate surface area is 111 Å². The molecule has 2 nitrogen and oxygen atoms in total. The number of benzene rings is 2. The maximum Gasteiger partial charge on any atom is 0.306 e. The molecule has 0 aliphatic rings. The Balaban J connectivity index is 2.37. The van der Waals surface area contributed by atoms with Crippen LogP contribution in [0.2, 0.25) is 0 Å². The molecule has 2 rings (SSSR count). The summed E-state index contributed by atoms with van der Waals surface area (Å²) in [6, 6.07) is 15.9. The van der Waals surface area contributed by atoms with Crippen LogP contribution in [0.3, 0.4) is 0 Å². The number of rotatable bonds is 4. The first kappa shape index (κ1) is 13.3. The van der Waals surface area contributed by atoms with Crippen LogP contribution in [-0.2, 0) is 9.53 Å². The predicted molar refractivity (Wildman–Crippen MR) is 71.3 cm³/mol. The van der Waals surface area contributed by atoms with Gasteiger partial charge in [-0.25, -0.2) is 4.39 Å². The molecule has 0 aromatic heterocycles. The van der Waals surface area contributed by atoms with E-state index in [4.69, 9.17) is 4.74 Å². The largest absolute Gasteiger partial charge is 0.469 e. The zero-order valence-electron chi connectivity index (χ0n) is 10.7. The van der Waals surface area contributed by atoms with Gasteiger partial charge in [0.2, 0.25) is 0 Å². The smallest absolute Gasteiger partial charge is 0.306 e. The molecule has 0 bridgehead atoms. The highest BCUT2D eigenvalue weighted by Gasteiger charge is 2.18. The van der Waals surface area contributed by atoms with Crippen molar-refractivity contribution < 1.29 is 13.9 Å². The van der Waals surface area contributed by atoms with E-state index in [0.717, 1.165) is 11.1 Å². The van der Waals surface area contributed by atoms with E-state index in [9.17, 15) is 9.18 Å². The molecule has 0 heterocycles. The zero-order valence-corrected chi connectivity index (χ0v) is 10.7. The van der Waals surface area contributed by atoms with Gasteiger partial charge in [-0.3, -0.25) is 4.79 Å². The van der Waals surface area contributed by atoms with Crippen molar-refractivity contribution in [1.29, 1.82) is 0 Å². The third-order valence-electron chi connectivity index (χ3n) is 3.05. The highest BCUT2D eigenvalue weighted by Crippen LogP contribution is 2.28. The normalized spacial score (nSPS) is 11.9. The first-order valence-corrected chi connectivity index (χ1v) is 6.08. The second-order valence-electron chi connectivity index (χ2n) is 4.30. The summed E-state index contributed by atoms with van der Waals surface area (Å²) in [6.07, 6.45) is 0.198. The number of hydrogen-bond donors (Lipinski definition) is 0. The average Bonchev–Trinajstić information content (AvgIpc) is 2.45. The Hall–Kier alpha value is -2.16. The van der Waals surface area contributed by atoms with Gasteiger partial charge in [-0.15, -0.1) is 0 Å². The average molecular weight is 258 g/mol. The van der Waals surface area contributed by atoms with E-state index >= 15 is 0 Å². The van der Waals surface area contributed by atoms with Gasteiger partial charge in [0.05, 0.1) is 13.5 Å². The molecule has 0 spiro atoms. The van der Waals surface area contributed by atoms with Crippen molar-refractivity contribution in [2.45, 2.75) is 12.3 Å². The molecule has 2 aromatic rings. The summed E-state index contributed by atoms with van der Waals surface area (Å²) in [7, 11) is 1.36. The topological polar surface area (TPSA) is 26.3 Å². The van der Waals surface area contributed by atoms with Crippen molar-refractivity contribution >= 4 is 5.97 Å². The van der Waals surface area contributed by atoms with Crippen LogP contribution in [0.1, 0.15) is 23.5 Å². The first-order valence-electron chi connectivity index (χ1n) is 6.08. The molecule has 0 saturated carbocycles. The lowest BCUT2D eigenvalue weighted by atomic mass is 9.88. The van der Waals surface area contributed by atoms with E-state index in [2.05, 4.69) is 0 Å². The SMILES string of the molecule is COC(=O)CC(c1ccccc1)c1cccc(F)c1. The van der Waals surface area contributed by atoms with Gasteiger partial charge < -0.3 is 4.74 Å². The van der Waals surface area contributed by atoms with Gasteiger partial charge >= 0.3 is 5.97 Å². The number of esters is 1. The van der Waals surface area contributed by atoms with E-state index in [1.807, 2.05) is 36.4 Å². The summed E-state index contributed by atoms with van der Waals surface area (Å²) < 4.78 is 18.1. The zero-order chi connectivity index (χ0) is 13.7. The van der Waals surface area contributed by atoms with Crippen LogP contribution < -0.4 is 0 Å². The molecule has 98 valence electrons. The fraction of sp³-hybridized carbons (Fsp3) is 0.188. The standard InChI is InChI=1S/C16H15FO2/c1-19-16(18)11-15(12-6-3-2-4-7-12)13-8-5-9-14(17)10-13/h2-10,15H,11H2,1H3. The van der Waals surface area contributed by atoms with Crippen molar-refractivity contribution in [3.63, 3.8) is 0 Å². The Morgan fingerprint density at radius 2 is 1.79 bits per heavy atom. The number of ether oxygens (including phenoxy) is 1. The lowest BCUT2D eigenvalue weighted by Crippen LogP contribution is -2.10. The number of carbonyl (C=O) groups is 1. The minimum atomic E-state index is -0.307. The highest BCUT2D eigenvalue weighted by atomic mass is 19.1. The third-order valence-corrected chi connectivity index (χ3v) is 3.05.